The summed E-state index contributed by atoms with van der Waals surface area (Å²) in [6, 6.07) is 16.0. The van der Waals surface area contributed by atoms with Crippen LogP contribution >= 0.6 is 11.3 Å². The fourth-order valence-electron chi connectivity index (χ4n) is 2.87. The molecule has 5 nitrogen and oxygen atoms in total. The van der Waals surface area contributed by atoms with Crippen LogP contribution in [0, 0.1) is 13.8 Å². The Morgan fingerprint density at radius 2 is 1.85 bits per heavy atom. The molecule has 0 aliphatic rings. The minimum atomic E-state index is -0.257. The number of benzene rings is 2. The third kappa shape index (κ3) is 3.52. The number of carbonyl (C=O) groups excluding carboxylic acids is 1. The van der Waals surface area contributed by atoms with Crippen molar-refractivity contribution in [3.63, 3.8) is 0 Å². The summed E-state index contributed by atoms with van der Waals surface area (Å²) in [7, 11) is 0. The highest BCUT2D eigenvalue weighted by molar-refractivity contribution is 7.13. The minimum Gasteiger partial charge on any atom is -0.333 e. The summed E-state index contributed by atoms with van der Waals surface area (Å²) in [6.07, 6.45) is 1.66. The molecule has 0 saturated heterocycles. The van der Waals surface area contributed by atoms with E-state index in [1.165, 1.54) is 11.3 Å². The van der Waals surface area contributed by atoms with Crippen molar-refractivity contribution in [2.75, 3.05) is 5.32 Å². The first kappa shape index (κ1) is 17.2. The van der Waals surface area contributed by atoms with Crippen molar-refractivity contribution in [3.8, 4) is 22.6 Å². The molecular formula is C21H18N4OS. The number of carbonyl (C=O) groups is 1. The van der Waals surface area contributed by atoms with Crippen molar-refractivity contribution in [1.82, 2.24) is 15.0 Å². The maximum absolute atomic E-state index is 12.9. The fourth-order valence-corrected chi connectivity index (χ4v) is 3.39. The Kier molecular flexibility index (Phi) is 4.56. The lowest BCUT2D eigenvalue weighted by atomic mass is 10.1. The van der Waals surface area contributed by atoms with Crippen LogP contribution in [0.2, 0.25) is 0 Å². The van der Waals surface area contributed by atoms with Crippen LogP contribution in [0.15, 0.2) is 60.1 Å². The molecule has 0 aliphatic heterocycles. The topological polar surface area (TPSA) is 70.7 Å². The Bertz CT molecular complexity index is 1080. The van der Waals surface area contributed by atoms with Gasteiger partial charge in [0, 0.05) is 22.7 Å². The molecular weight excluding hydrogens is 356 g/mol. The van der Waals surface area contributed by atoms with E-state index in [1.807, 2.05) is 67.8 Å². The molecule has 2 aromatic heterocycles. The van der Waals surface area contributed by atoms with Crippen LogP contribution in [0.4, 0.5) is 5.13 Å². The molecule has 0 unspecified atom stereocenters. The zero-order chi connectivity index (χ0) is 18.8. The number of nitrogens with zero attached hydrogens (tertiary/aromatic N) is 2. The van der Waals surface area contributed by atoms with Crippen LogP contribution in [0.3, 0.4) is 0 Å². The standard InChI is InChI=1S/C21H18N4OS/c1-13-7-9-15(10-8-13)17-18(20(26)25-21-22-11-12-27-21)24-19(23-17)16-6-4-3-5-14(16)2/h3-12H,1-2H3,(H,23,24)(H,22,25,26). The summed E-state index contributed by atoms with van der Waals surface area (Å²) < 4.78 is 0. The number of amides is 1. The summed E-state index contributed by atoms with van der Waals surface area (Å²) in [5.74, 6) is 0.417. The van der Waals surface area contributed by atoms with E-state index in [0.717, 1.165) is 22.3 Å². The molecule has 4 aromatic rings. The molecule has 0 aliphatic carbocycles. The summed E-state index contributed by atoms with van der Waals surface area (Å²) in [5.41, 5.74) is 5.16. The average Bonchev–Trinajstić information content (AvgIpc) is 3.32. The van der Waals surface area contributed by atoms with E-state index in [9.17, 15) is 4.79 Å². The highest BCUT2D eigenvalue weighted by atomic mass is 32.1. The van der Waals surface area contributed by atoms with Crippen LogP contribution in [0.5, 0.6) is 0 Å². The summed E-state index contributed by atoms with van der Waals surface area (Å²) >= 11 is 1.38. The van der Waals surface area contributed by atoms with Crippen LogP contribution in [-0.2, 0) is 0 Å². The number of nitrogens with one attached hydrogen (secondary N) is 2. The van der Waals surface area contributed by atoms with Gasteiger partial charge in [-0.25, -0.2) is 9.97 Å². The highest BCUT2D eigenvalue weighted by Gasteiger charge is 2.20. The molecule has 4 rings (SSSR count). The molecule has 1 amide bonds. The second-order valence-electron chi connectivity index (χ2n) is 6.28. The van der Waals surface area contributed by atoms with E-state index in [-0.39, 0.29) is 5.91 Å². The van der Waals surface area contributed by atoms with Gasteiger partial charge in [-0.15, -0.1) is 11.3 Å². The Labute approximate surface area is 161 Å². The highest BCUT2D eigenvalue weighted by Crippen LogP contribution is 2.28. The third-order valence-electron chi connectivity index (χ3n) is 4.31. The predicted molar refractivity (Wildman–Crippen MR) is 109 cm³/mol. The quantitative estimate of drug-likeness (QED) is 0.524. The molecule has 0 bridgehead atoms. The van der Waals surface area contributed by atoms with Gasteiger partial charge in [-0.1, -0.05) is 54.1 Å². The Balaban J connectivity index is 1.81. The normalized spacial score (nSPS) is 10.7. The van der Waals surface area contributed by atoms with Gasteiger partial charge in [-0.3, -0.25) is 10.1 Å². The first-order chi connectivity index (χ1) is 13.1. The number of rotatable bonds is 4. The van der Waals surface area contributed by atoms with Gasteiger partial charge in [0.2, 0.25) is 0 Å². The summed E-state index contributed by atoms with van der Waals surface area (Å²) in [5, 5.41) is 5.22. The Hall–Kier alpha value is -3.25. The van der Waals surface area contributed by atoms with Gasteiger partial charge >= 0.3 is 0 Å². The molecule has 0 atom stereocenters. The lowest BCUT2D eigenvalue weighted by Gasteiger charge is -2.03. The SMILES string of the molecule is Cc1ccc(-c2nc(-c3ccccc3C)[nH]c2C(=O)Nc2nccs2)cc1. The number of hydrogen-bond donors (Lipinski definition) is 2. The molecule has 0 spiro atoms. The lowest BCUT2D eigenvalue weighted by Crippen LogP contribution is -2.13. The minimum absolute atomic E-state index is 0.257. The van der Waals surface area contributed by atoms with Crippen LogP contribution in [0.25, 0.3) is 22.6 Å². The van der Waals surface area contributed by atoms with E-state index in [2.05, 4.69) is 15.3 Å². The Morgan fingerprint density at radius 1 is 1.07 bits per heavy atom. The van der Waals surface area contributed by atoms with E-state index < -0.39 is 0 Å². The molecule has 6 heteroatoms. The number of imidazole rings is 1. The molecule has 27 heavy (non-hydrogen) atoms. The maximum atomic E-state index is 12.9. The zero-order valence-corrected chi connectivity index (χ0v) is 15.8. The molecule has 2 aromatic carbocycles. The molecule has 2 N–H and O–H groups in total. The number of thiazole rings is 1. The van der Waals surface area contributed by atoms with Gasteiger partial charge in [0.15, 0.2) is 5.13 Å². The van der Waals surface area contributed by atoms with E-state index >= 15 is 0 Å². The summed E-state index contributed by atoms with van der Waals surface area (Å²) in [6.45, 7) is 4.06. The smallest absolute Gasteiger partial charge is 0.276 e. The number of aryl methyl sites for hydroxylation is 2. The van der Waals surface area contributed by atoms with Gasteiger partial charge in [-0.05, 0) is 19.4 Å². The Morgan fingerprint density at radius 3 is 2.56 bits per heavy atom. The largest absolute Gasteiger partial charge is 0.333 e. The summed E-state index contributed by atoms with van der Waals surface area (Å²) in [4.78, 5) is 25.0. The van der Waals surface area contributed by atoms with E-state index in [0.29, 0.717) is 22.3 Å². The van der Waals surface area contributed by atoms with Crippen molar-refractivity contribution < 1.29 is 4.79 Å². The lowest BCUT2D eigenvalue weighted by molar-refractivity contribution is 0.102. The van der Waals surface area contributed by atoms with Gasteiger partial charge in [0.1, 0.15) is 17.2 Å². The van der Waals surface area contributed by atoms with Crippen molar-refractivity contribution >= 4 is 22.4 Å². The number of hydrogen-bond acceptors (Lipinski definition) is 4. The van der Waals surface area contributed by atoms with Crippen molar-refractivity contribution in [2.24, 2.45) is 0 Å². The second-order valence-corrected chi connectivity index (χ2v) is 7.18. The number of aromatic nitrogens is 3. The zero-order valence-electron chi connectivity index (χ0n) is 15.0. The average molecular weight is 374 g/mol. The predicted octanol–water partition coefficient (Wildman–Crippen LogP) is 5.07. The number of H-pyrrole nitrogens is 1. The van der Waals surface area contributed by atoms with Crippen LogP contribution in [-0.4, -0.2) is 20.9 Å². The number of anilines is 1. The van der Waals surface area contributed by atoms with Crippen molar-refractivity contribution in [2.45, 2.75) is 13.8 Å². The van der Waals surface area contributed by atoms with Gasteiger partial charge in [0.25, 0.3) is 5.91 Å². The maximum Gasteiger partial charge on any atom is 0.276 e. The van der Waals surface area contributed by atoms with Gasteiger partial charge in [-0.2, -0.15) is 0 Å². The molecule has 0 radical (unpaired) electrons. The fraction of sp³-hybridized carbons (Fsp3) is 0.0952. The van der Waals surface area contributed by atoms with E-state index in [4.69, 9.17) is 4.98 Å². The van der Waals surface area contributed by atoms with Crippen LogP contribution < -0.4 is 5.32 Å². The van der Waals surface area contributed by atoms with Crippen LogP contribution in [0.1, 0.15) is 21.6 Å². The first-order valence-electron chi connectivity index (χ1n) is 8.56. The first-order valence-corrected chi connectivity index (χ1v) is 9.43. The van der Waals surface area contributed by atoms with Crippen molar-refractivity contribution in [3.05, 3.63) is 76.9 Å². The molecule has 134 valence electrons. The van der Waals surface area contributed by atoms with Gasteiger partial charge in [0.05, 0.1) is 0 Å². The molecule has 0 saturated carbocycles. The third-order valence-corrected chi connectivity index (χ3v) is 5.00. The molecule has 2 heterocycles. The monoisotopic (exact) mass is 374 g/mol. The van der Waals surface area contributed by atoms with Gasteiger partial charge < -0.3 is 4.98 Å². The second kappa shape index (κ2) is 7.17. The molecule has 0 fully saturated rings. The van der Waals surface area contributed by atoms with E-state index in [1.54, 1.807) is 6.20 Å². The number of aromatic amines is 1. The van der Waals surface area contributed by atoms with Crippen molar-refractivity contribution in [1.29, 1.82) is 0 Å².